The molecule has 0 atom stereocenters. The molecule has 0 aliphatic carbocycles. The van der Waals surface area contributed by atoms with Crippen LogP contribution in [0.1, 0.15) is 26.7 Å². The Morgan fingerprint density at radius 1 is 1.57 bits per heavy atom. The Balaban J connectivity index is 2.68. The zero-order chi connectivity index (χ0) is 5.70. The van der Waals surface area contributed by atoms with Crippen LogP contribution >= 0.6 is 11.6 Å². The Labute approximate surface area is 50.9 Å². The lowest BCUT2D eigenvalue weighted by Gasteiger charge is -1.97. The van der Waals surface area contributed by atoms with Gasteiger partial charge in [0.05, 0.1) is 0 Å². The molecule has 0 fully saturated rings. The molecule has 43 valence electrons. The third kappa shape index (κ3) is 6.29. The molecule has 0 saturated heterocycles. The highest BCUT2D eigenvalue weighted by Gasteiger charge is 1.89. The highest BCUT2D eigenvalue weighted by molar-refractivity contribution is 6.23. The maximum Gasteiger partial charge on any atom is 0.0499 e. The second-order valence-corrected chi connectivity index (χ2v) is 2.43. The fourth-order valence-corrected chi connectivity index (χ4v) is 0.522. The van der Waals surface area contributed by atoms with Crippen LogP contribution in [0.25, 0.3) is 0 Å². The van der Waals surface area contributed by atoms with Gasteiger partial charge in [-0.25, -0.2) is 0 Å². The summed E-state index contributed by atoms with van der Waals surface area (Å²) in [4.78, 5) is 0. The lowest BCUT2D eigenvalue weighted by molar-refractivity contribution is 0.590. The molecule has 0 aliphatic heterocycles. The molecule has 1 heteroatoms. The van der Waals surface area contributed by atoms with Crippen molar-refractivity contribution in [3.05, 3.63) is 5.88 Å². The Bertz CT molecular complexity index is 33.2. The molecule has 0 unspecified atom stereocenters. The molecule has 0 aromatic rings. The number of hydrogen-bond donors (Lipinski definition) is 0. The molecule has 0 amide bonds. The van der Waals surface area contributed by atoms with Gasteiger partial charge in [-0.1, -0.05) is 13.8 Å². The van der Waals surface area contributed by atoms with Gasteiger partial charge in [-0.3, -0.25) is 0 Å². The topological polar surface area (TPSA) is 0 Å². The first kappa shape index (κ1) is 7.29. The maximum absolute atomic E-state index is 5.32. The van der Waals surface area contributed by atoms with Crippen LogP contribution in [0.15, 0.2) is 0 Å². The van der Waals surface area contributed by atoms with Crippen molar-refractivity contribution in [1.82, 2.24) is 0 Å². The van der Waals surface area contributed by atoms with E-state index in [0.29, 0.717) is 0 Å². The van der Waals surface area contributed by atoms with Crippen molar-refractivity contribution >= 4 is 11.6 Å². The molecule has 0 nitrogen and oxygen atoms in total. The van der Waals surface area contributed by atoms with Crippen molar-refractivity contribution in [2.24, 2.45) is 5.92 Å². The van der Waals surface area contributed by atoms with Crippen LogP contribution in [-0.2, 0) is 0 Å². The molecular weight excluding hydrogens is 108 g/mol. The SMILES string of the molecule is CC(C)CC[CH]Cl. The summed E-state index contributed by atoms with van der Waals surface area (Å²) in [5.74, 6) is 2.48. The Morgan fingerprint density at radius 2 is 2.14 bits per heavy atom. The average molecular weight is 120 g/mol. The zero-order valence-electron chi connectivity index (χ0n) is 4.95. The smallest absolute Gasteiger partial charge is 0.0499 e. The van der Waals surface area contributed by atoms with Crippen LogP contribution in [-0.4, -0.2) is 0 Å². The van der Waals surface area contributed by atoms with Crippen molar-refractivity contribution in [2.75, 3.05) is 0 Å². The molecule has 1 radical (unpaired) electrons. The third-order valence-corrected chi connectivity index (χ3v) is 1.07. The summed E-state index contributed by atoms with van der Waals surface area (Å²) >= 11 is 5.32. The van der Waals surface area contributed by atoms with E-state index >= 15 is 0 Å². The molecule has 0 rings (SSSR count). The van der Waals surface area contributed by atoms with Crippen LogP contribution in [0.5, 0.6) is 0 Å². The van der Waals surface area contributed by atoms with Gasteiger partial charge >= 0.3 is 0 Å². The molecule has 0 N–H and O–H groups in total. The van der Waals surface area contributed by atoms with Gasteiger partial charge in [0.2, 0.25) is 0 Å². The van der Waals surface area contributed by atoms with Gasteiger partial charge in [-0.05, 0) is 18.8 Å². The van der Waals surface area contributed by atoms with Crippen molar-refractivity contribution in [3.63, 3.8) is 0 Å². The van der Waals surface area contributed by atoms with E-state index in [1.165, 1.54) is 6.42 Å². The Hall–Kier alpha value is 0.290. The fraction of sp³-hybridized carbons (Fsp3) is 0.833. The quantitative estimate of drug-likeness (QED) is 0.536. The predicted molar refractivity (Wildman–Crippen MR) is 34.2 cm³/mol. The van der Waals surface area contributed by atoms with Gasteiger partial charge in [-0.2, -0.15) is 0 Å². The van der Waals surface area contributed by atoms with E-state index in [4.69, 9.17) is 11.6 Å². The fourth-order valence-electron chi connectivity index (χ4n) is 0.396. The van der Waals surface area contributed by atoms with E-state index < -0.39 is 0 Å². The summed E-state index contributed by atoms with van der Waals surface area (Å²) in [6, 6.07) is 0. The van der Waals surface area contributed by atoms with Gasteiger partial charge in [0.25, 0.3) is 0 Å². The molecule has 0 aliphatic rings. The van der Waals surface area contributed by atoms with E-state index in [1.807, 2.05) is 0 Å². The van der Waals surface area contributed by atoms with E-state index in [-0.39, 0.29) is 0 Å². The molecule has 0 saturated carbocycles. The van der Waals surface area contributed by atoms with Crippen LogP contribution < -0.4 is 0 Å². The summed E-state index contributed by atoms with van der Waals surface area (Å²) < 4.78 is 0. The lowest BCUT2D eigenvalue weighted by atomic mass is 10.1. The largest absolute Gasteiger partial charge is 0.121 e. The van der Waals surface area contributed by atoms with Gasteiger partial charge < -0.3 is 0 Å². The third-order valence-electron chi connectivity index (χ3n) is 0.853. The molecule has 0 bridgehead atoms. The summed E-state index contributed by atoms with van der Waals surface area (Å²) in [7, 11) is 0. The van der Waals surface area contributed by atoms with Crippen molar-refractivity contribution in [2.45, 2.75) is 26.7 Å². The first-order valence-corrected chi connectivity index (χ1v) is 3.13. The molecule has 0 spiro atoms. The predicted octanol–water partition coefficient (Wildman–Crippen LogP) is 2.82. The highest BCUT2D eigenvalue weighted by atomic mass is 35.5. The first-order valence-electron chi connectivity index (χ1n) is 2.69. The minimum atomic E-state index is 0.787. The minimum absolute atomic E-state index is 0.787. The normalized spacial score (nSPS) is 10.3. The average Bonchev–Trinajstić information content (AvgIpc) is 1.61. The number of hydrogen-bond acceptors (Lipinski definition) is 0. The Morgan fingerprint density at radius 3 is 2.29 bits per heavy atom. The molecule has 7 heavy (non-hydrogen) atoms. The summed E-state index contributed by atoms with van der Waals surface area (Å²) in [6.07, 6.45) is 2.25. The van der Waals surface area contributed by atoms with E-state index in [1.54, 1.807) is 5.88 Å². The van der Waals surface area contributed by atoms with Crippen LogP contribution in [0.2, 0.25) is 0 Å². The first-order chi connectivity index (χ1) is 3.27. The van der Waals surface area contributed by atoms with Gasteiger partial charge in [-0.15, -0.1) is 11.6 Å². The lowest BCUT2D eigenvalue weighted by Crippen LogP contribution is -1.83. The van der Waals surface area contributed by atoms with Gasteiger partial charge in [0.15, 0.2) is 0 Å². The van der Waals surface area contributed by atoms with Crippen molar-refractivity contribution in [1.29, 1.82) is 0 Å². The monoisotopic (exact) mass is 119 g/mol. The second-order valence-electron chi connectivity index (χ2n) is 2.13. The van der Waals surface area contributed by atoms with Gasteiger partial charge in [0, 0.05) is 5.88 Å². The van der Waals surface area contributed by atoms with Crippen molar-refractivity contribution < 1.29 is 0 Å². The molecular formula is C6H12Cl. The van der Waals surface area contributed by atoms with Crippen LogP contribution in [0.4, 0.5) is 0 Å². The van der Waals surface area contributed by atoms with E-state index in [9.17, 15) is 0 Å². The second kappa shape index (κ2) is 4.45. The minimum Gasteiger partial charge on any atom is -0.121 e. The van der Waals surface area contributed by atoms with Crippen LogP contribution in [0.3, 0.4) is 0 Å². The summed E-state index contributed by atoms with van der Waals surface area (Å²) in [5, 5.41) is 0. The Kier molecular flexibility index (Phi) is 4.63. The summed E-state index contributed by atoms with van der Waals surface area (Å²) in [5.41, 5.74) is 0. The standard InChI is InChI=1S/C6H12Cl/c1-6(2)4-3-5-7/h5-6H,3-4H2,1-2H3. The molecule has 0 aromatic heterocycles. The number of halogens is 1. The van der Waals surface area contributed by atoms with Gasteiger partial charge in [0.1, 0.15) is 0 Å². The number of rotatable bonds is 3. The van der Waals surface area contributed by atoms with Crippen LogP contribution in [0, 0.1) is 11.8 Å². The molecule has 0 aromatic carbocycles. The molecule has 0 heterocycles. The van der Waals surface area contributed by atoms with E-state index in [0.717, 1.165) is 12.3 Å². The van der Waals surface area contributed by atoms with E-state index in [2.05, 4.69) is 13.8 Å². The summed E-state index contributed by atoms with van der Waals surface area (Å²) in [6.45, 7) is 4.39. The highest BCUT2D eigenvalue weighted by Crippen LogP contribution is 2.06. The zero-order valence-corrected chi connectivity index (χ0v) is 5.70. The maximum atomic E-state index is 5.32. The van der Waals surface area contributed by atoms with Crippen molar-refractivity contribution in [3.8, 4) is 0 Å².